The minimum atomic E-state index is 0. The fourth-order valence-corrected chi connectivity index (χ4v) is 2.73. The predicted molar refractivity (Wildman–Crippen MR) is 131 cm³/mol. The molecule has 3 aromatic carbocycles. The number of nitrogens with two attached hydrogens (primary N) is 1. The summed E-state index contributed by atoms with van der Waals surface area (Å²) < 4.78 is 16.6. The summed E-state index contributed by atoms with van der Waals surface area (Å²) in [5, 5.41) is 3.06. The molecule has 0 saturated heterocycles. The first-order chi connectivity index (χ1) is 14.2. The Kier molecular flexibility index (Phi) is 9.27. The van der Waals surface area contributed by atoms with Gasteiger partial charge in [-0.2, -0.15) is 0 Å². The molecule has 0 radical (unpaired) electrons. The number of aliphatic imine (C=N–C) groups is 1. The van der Waals surface area contributed by atoms with Crippen LogP contribution in [0.1, 0.15) is 11.1 Å². The summed E-state index contributed by atoms with van der Waals surface area (Å²) in [4.78, 5) is 4.39. The van der Waals surface area contributed by atoms with Crippen LogP contribution in [0.4, 0.5) is 5.69 Å². The third-order valence-electron chi connectivity index (χ3n) is 4.24. The van der Waals surface area contributed by atoms with E-state index in [0.29, 0.717) is 30.6 Å². The van der Waals surface area contributed by atoms with E-state index in [9.17, 15) is 0 Å². The zero-order valence-electron chi connectivity index (χ0n) is 17.0. The van der Waals surface area contributed by atoms with Gasteiger partial charge >= 0.3 is 0 Å². The summed E-state index contributed by atoms with van der Waals surface area (Å²) in [5.74, 6) is 2.42. The van der Waals surface area contributed by atoms with Crippen molar-refractivity contribution >= 4 is 35.6 Å². The molecule has 3 rings (SSSR count). The van der Waals surface area contributed by atoms with Crippen LogP contribution in [0, 0.1) is 0 Å². The molecule has 7 heteroatoms. The van der Waals surface area contributed by atoms with Crippen molar-refractivity contribution in [3.8, 4) is 17.2 Å². The molecule has 3 N–H and O–H groups in total. The highest BCUT2D eigenvalue weighted by Crippen LogP contribution is 2.29. The second-order valence-electron chi connectivity index (χ2n) is 6.32. The zero-order chi connectivity index (χ0) is 20.5. The lowest BCUT2D eigenvalue weighted by Gasteiger charge is -2.12. The topological polar surface area (TPSA) is 78.1 Å². The van der Waals surface area contributed by atoms with E-state index in [-0.39, 0.29) is 24.0 Å². The van der Waals surface area contributed by atoms with Crippen molar-refractivity contribution in [2.24, 2.45) is 10.7 Å². The average Bonchev–Trinajstić information content (AvgIpc) is 2.77. The molecule has 0 amide bonds. The number of halogens is 1. The number of guanidine groups is 1. The van der Waals surface area contributed by atoms with Gasteiger partial charge in [-0.15, -0.1) is 24.0 Å². The van der Waals surface area contributed by atoms with Crippen LogP contribution in [0.2, 0.25) is 0 Å². The van der Waals surface area contributed by atoms with Crippen molar-refractivity contribution in [1.82, 2.24) is 0 Å². The molecule has 0 fully saturated rings. The highest BCUT2D eigenvalue weighted by atomic mass is 127. The van der Waals surface area contributed by atoms with Gasteiger partial charge in [-0.1, -0.05) is 42.5 Å². The first-order valence-corrected chi connectivity index (χ1v) is 9.22. The normalized spacial score (nSPS) is 10.7. The summed E-state index contributed by atoms with van der Waals surface area (Å²) in [5.41, 5.74) is 8.87. The summed E-state index contributed by atoms with van der Waals surface area (Å²) >= 11 is 0. The Morgan fingerprint density at radius 1 is 0.867 bits per heavy atom. The molecule has 0 aromatic heterocycles. The third-order valence-corrected chi connectivity index (χ3v) is 4.24. The molecule has 0 saturated carbocycles. The molecule has 0 atom stereocenters. The van der Waals surface area contributed by atoms with Crippen LogP contribution in [0.3, 0.4) is 0 Å². The maximum absolute atomic E-state index is 6.00. The number of hydrogen-bond donors (Lipinski definition) is 2. The van der Waals surface area contributed by atoms with Gasteiger partial charge in [0.1, 0.15) is 12.4 Å². The minimum absolute atomic E-state index is 0. The van der Waals surface area contributed by atoms with Gasteiger partial charge < -0.3 is 25.3 Å². The summed E-state index contributed by atoms with van der Waals surface area (Å²) in [6.45, 7) is 0.893. The maximum Gasteiger partial charge on any atom is 0.193 e. The lowest BCUT2D eigenvalue weighted by molar-refractivity contribution is 0.284. The minimum Gasteiger partial charge on any atom is -0.497 e. The smallest absolute Gasteiger partial charge is 0.193 e. The van der Waals surface area contributed by atoms with Crippen molar-refractivity contribution in [2.75, 3.05) is 19.5 Å². The maximum atomic E-state index is 6.00. The van der Waals surface area contributed by atoms with E-state index in [1.54, 1.807) is 14.2 Å². The first kappa shape index (κ1) is 23.3. The van der Waals surface area contributed by atoms with Gasteiger partial charge in [-0.3, -0.25) is 0 Å². The number of nitrogens with zero attached hydrogens (tertiary/aromatic N) is 1. The number of rotatable bonds is 8. The van der Waals surface area contributed by atoms with Gasteiger partial charge in [-0.05, 0) is 35.4 Å². The van der Waals surface area contributed by atoms with Crippen molar-refractivity contribution in [2.45, 2.75) is 13.2 Å². The van der Waals surface area contributed by atoms with Crippen LogP contribution in [-0.4, -0.2) is 20.2 Å². The third kappa shape index (κ3) is 6.84. The molecule has 0 spiro atoms. The Morgan fingerprint density at radius 3 is 2.40 bits per heavy atom. The highest BCUT2D eigenvalue weighted by Gasteiger charge is 2.07. The Morgan fingerprint density at radius 2 is 1.67 bits per heavy atom. The van der Waals surface area contributed by atoms with E-state index in [1.165, 1.54) is 0 Å². The summed E-state index contributed by atoms with van der Waals surface area (Å²) in [6, 6.07) is 23.2. The van der Waals surface area contributed by atoms with E-state index in [0.717, 1.165) is 22.6 Å². The largest absolute Gasteiger partial charge is 0.497 e. The summed E-state index contributed by atoms with van der Waals surface area (Å²) in [6.07, 6.45) is 0. The van der Waals surface area contributed by atoms with E-state index >= 15 is 0 Å². The van der Waals surface area contributed by atoms with Crippen molar-refractivity contribution < 1.29 is 14.2 Å². The standard InChI is InChI=1S/C23H25N3O3.HI/c1-27-20-10-6-9-19(14-20)26-23(24)25-15-18-11-12-21(22(13-18)28-2)29-16-17-7-4-3-5-8-17;/h3-14H,15-16H2,1-2H3,(H3,24,25,26);1H. The Labute approximate surface area is 194 Å². The van der Waals surface area contributed by atoms with Crippen molar-refractivity contribution in [3.05, 3.63) is 83.9 Å². The number of nitrogens with one attached hydrogen (secondary N) is 1. The Balaban J connectivity index is 0.00000320. The second-order valence-corrected chi connectivity index (χ2v) is 6.32. The van der Waals surface area contributed by atoms with E-state index < -0.39 is 0 Å². The van der Waals surface area contributed by atoms with Crippen LogP contribution >= 0.6 is 24.0 Å². The van der Waals surface area contributed by atoms with Crippen LogP contribution in [0.25, 0.3) is 0 Å². The summed E-state index contributed by atoms with van der Waals surface area (Å²) in [7, 11) is 3.24. The van der Waals surface area contributed by atoms with Gasteiger partial charge in [-0.25, -0.2) is 4.99 Å². The van der Waals surface area contributed by atoms with Gasteiger partial charge in [0.2, 0.25) is 0 Å². The number of benzene rings is 3. The zero-order valence-corrected chi connectivity index (χ0v) is 19.3. The predicted octanol–water partition coefficient (Wildman–Crippen LogP) is 4.83. The van der Waals surface area contributed by atoms with Gasteiger partial charge in [0.05, 0.1) is 20.8 Å². The highest BCUT2D eigenvalue weighted by molar-refractivity contribution is 14.0. The molecule has 6 nitrogen and oxygen atoms in total. The fraction of sp³-hybridized carbons (Fsp3) is 0.174. The molecule has 0 aliphatic heterocycles. The van der Waals surface area contributed by atoms with Crippen molar-refractivity contribution in [3.63, 3.8) is 0 Å². The van der Waals surface area contributed by atoms with Crippen LogP contribution in [-0.2, 0) is 13.2 Å². The number of hydrogen-bond acceptors (Lipinski definition) is 4. The lowest BCUT2D eigenvalue weighted by atomic mass is 10.2. The molecular weight excluding hydrogens is 493 g/mol. The van der Waals surface area contributed by atoms with Crippen LogP contribution < -0.4 is 25.3 Å². The molecular formula is C23H26IN3O3. The first-order valence-electron chi connectivity index (χ1n) is 9.22. The molecule has 3 aromatic rings. The van der Waals surface area contributed by atoms with E-state index in [2.05, 4.69) is 10.3 Å². The number of methoxy groups -OCH3 is 2. The molecule has 0 heterocycles. The SMILES string of the molecule is COc1cccc(NC(N)=NCc2ccc(OCc3ccccc3)c(OC)c2)c1.I. The molecule has 0 unspecified atom stereocenters. The second kappa shape index (κ2) is 11.9. The van der Waals surface area contributed by atoms with Crippen LogP contribution in [0.15, 0.2) is 77.8 Å². The van der Waals surface area contributed by atoms with Gasteiger partial charge in [0, 0.05) is 11.8 Å². The van der Waals surface area contributed by atoms with E-state index in [1.807, 2.05) is 72.8 Å². The fourth-order valence-electron chi connectivity index (χ4n) is 2.73. The molecule has 0 aliphatic carbocycles. The Hall–Kier alpha value is -2.94. The van der Waals surface area contributed by atoms with Gasteiger partial charge in [0.25, 0.3) is 0 Å². The van der Waals surface area contributed by atoms with E-state index in [4.69, 9.17) is 19.9 Å². The van der Waals surface area contributed by atoms with Gasteiger partial charge in [0.15, 0.2) is 17.5 Å². The average molecular weight is 519 g/mol. The molecule has 158 valence electrons. The Bertz CT molecular complexity index is 965. The quantitative estimate of drug-likeness (QED) is 0.253. The number of ether oxygens (including phenoxy) is 3. The monoisotopic (exact) mass is 519 g/mol. The number of anilines is 1. The van der Waals surface area contributed by atoms with Crippen molar-refractivity contribution in [1.29, 1.82) is 0 Å². The lowest BCUT2D eigenvalue weighted by Crippen LogP contribution is -2.22. The molecule has 0 aliphatic rings. The van der Waals surface area contributed by atoms with Crippen LogP contribution in [0.5, 0.6) is 17.2 Å². The molecule has 30 heavy (non-hydrogen) atoms. The molecule has 0 bridgehead atoms.